The number of hydrogen-bond acceptors (Lipinski definition) is 4. The summed E-state index contributed by atoms with van der Waals surface area (Å²) < 4.78 is 20.7. The first-order valence-electron chi connectivity index (χ1n) is 3.74. The van der Waals surface area contributed by atoms with Gasteiger partial charge in [0.05, 0.1) is 5.88 Å². The fourth-order valence-electron chi connectivity index (χ4n) is 1.36. The lowest BCUT2D eigenvalue weighted by Crippen LogP contribution is -2.30. The van der Waals surface area contributed by atoms with Crippen LogP contribution in [0.3, 0.4) is 0 Å². The maximum absolute atomic E-state index is 10.3. The second-order valence-electron chi connectivity index (χ2n) is 2.83. The van der Waals surface area contributed by atoms with Gasteiger partial charge in [-0.2, -0.15) is 0 Å². The Morgan fingerprint density at radius 2 is 2.36 bits per heavy atom. The second kappa shape index (κ2) is 4.04. The average molecular weight is 178 g/mol. The summed E-state index contributed by atoms with van der Waals surface area (Å²) in [4.78, 5) is 1.95. The second-order valence-corrected chi connectivity index (χ2v) is 3.77. The normalized spacial score (nSPS) is 26.5. The molecule has 0 saturated carbocycles. The summed E-state index contributed by atoms with van der Waals surface area (Å²) in [6.07, 6.45) is 1.06. The highest BCUT2D eigenvalue weighted by molar-refractivity contribution is 7.72. The van der Waals surface area contributed by atoms with E-state index in [0.717, 1.165) is 19.5 Å². The van der Waals surface area contributed by atoms with E-state index in [2.05, 4.69) is 5.32 Å². The Kier molecular flexibility index (Phi) is 3.29. The number of nitrogens with one attached hydrogen (secondary N) is 1. The van der Waals surface area contributed by atoms with E-state index in [1.165, 1.54) is 0 Å². The minimum Gasteiger partial charge on any atom is -0.316 e. The van der Waals surface area contributed by atoms with E-state index in [1.807, 2.05) is 11.9 Å². The first-order valence-corrected chi connectivity index (χ1v) is 5.10. The van der Waals surface area contributed by atoms with Crippen LogP contribution in [0.2, 0.25) is 0 Å². The molecule has 0 spiro atoms. The van der Waals surface area contributed by atoms with E-state index in [0.29, 0.717) is 6.04 Å². The lowest BCUT2D eigenvalue weighted by molar-refractivity contribution is 0.380. The van der Waals surface area contributed by atoms with E-state index in [9.17, 15) is 8.42 Å². The van der Waals surface area contributed by atoms with E-state index in [4.69, 9.17) is 0 Å². The molecule has 1 fully saturated rings. The van der Waals surface area contributed by atoms with Gasteiger partial charge < -0.3 is 5.32 Å². The monoisotopic (exact) mass is 178 g/mol. The molecule has 0 aromatic carbocycles. The lowest BCUT2D eigenvalue weighted by Gasteiger charge is -2.10. The maximum atomic E-state index is 10.3. The predicted octanol–water partition coefficient (Wildman–Crippen LogP) is -1.15. The zero-order valence-corrected chi connectivity index (χ0v) is 7.51. The van der Waals surface area contributed by atoms with Gasteiger partial charge in [-0.1, -0.05) is 0 Å². The summed E-state index contributed by atoms with van der Waals surface area (Å²) in [5, 5.41) is 3.13. The largest absolute Gasteiger partial charge is 0.316 e. The molecule has 4 nitrogen and oxygen atoms in total. The van der Waals surface area contributed by atoms with Crippen LogP contribution in [0.25, 0.3) is 0 Å². The van der Waals surface area contributed by atoms with Crippen LogP contribution in [0.15, 0.2) is 0 Å². The molecule has 1 heterocycles. The summed E-state index contributed by atoms with van der Waals surface area (Å²) in [7, 11) is -0.329. The smallest absolute Gasteiger partial charge is 0.153 e. The third kappa shape index (κ3) is 2.76. The number of thiol groups is 1. The summed E-state index contributed by atoms with van der Waals surface area (Å²) in [5.74, 6) is 0.216. The first-order chi connectivity index (χ1) is 5.22. The van der Waals surface area contributed by atoms with Gasteiger partial charge in [0.1, 0.15) is 0 Å². The van der Waals surface area contributed by atoms with Gasteiger partial charge in [0.15, 0.2) is 10.7 Å². The van der Waals surface area contributed by atoms with Crippen molar-refractivity contribution in [1.29, 1.82) is 0 Å². The summed E-state index contributed by atoms with van der Waals surface area (Å²) in [5.41, 5.74) is 0. The van der Waals surface area contributed by atoms with Crippen molar-refractivity contribution in [2.45, 2.75) is 12.5 Å². The minimum absolute atomic E-state index is 0.216. The van der Waals surface area contributed by atoms with Crippen LogP contribution in [0, 0.1) is 0 Å². The Morgan fingerprint density at radius 1 is 1.64 bits per heavy atom. The van der Waals surface area contributed by atoms with E-state index in [-0.39, 0.29) is 5.88 Å². The minimum atomic E-state index is -2.24. The molecule has 1 N–H and O–H groups in total. The maximum Gasteiger partial charge on any atom is 0.153 e. The Bertz CT molecular complexity index is 185. The summed E-state index contributed by atoms with van der Waals surface area (Å²) >= 11 is 0. The third-order valence-corrected chi connectivity index (χ3v) is 2.63. The Morgan fingerprint density at radius 3 is 2.82 bits per heavy atom. The topological polar surface area (TPSA) is 49.4 Å². The van der Waals surface area contributed by atoms with Gasteiger partial charge in [-0.3, -0.25) is 4.90 Å². The Hall–Kier alpha value is -0.130. The van der Waals surface area contributed by atoms with Gasteiger partial charge in [-0.05, 0) is 13.5 Å². The van der Waals surface area contributed by atoms with Gasteiger partial charge in [-0.25, -0.2) is 8.42 Å². The first kappa shape index (κ1) is 8.96. The number of nitrogens with zero attached hydrogens (tertiary/aromatic N) is 1. The standard InChI is InChI=1S/C6H14N2O2S/c1-7-6-2-3-8(4-6)5-11(9)10/h6-7,11H,2-5H2,1H3. The van der Waals surface area contributed by atoms with Crippen molar-refractivity contribution in [2.24, 2.45) is 0 Å². The fraction of sp³-hybridized carbons (Fsp3) is 1.00. The van der Waals surface area contributed by atoms with Gasteiger partial charge in [0, 0.05) is 19.1 Å². The fourth-order valence-corrected chi connectivity index (χ4v) is 1.94. The quantitative estimate of drug-likeness (QED) is 0.536. The van der Waals surface area contributed by atoms with Crippen LogP contribution in [0.1, 0.15) is 6.42 Å². The summed E-state index contributed by atoms with van der Waals surface area (Å²) in [6.45, 7) is 1.76. The molecular weight excluding hydrogens is 164 g/mol. The van der Waals surface area contributed by atoms with Crippen molar-refractivity contribution < 1.29 is 8.42 Å². The van der Waals surface area contributed by atoms with Crippen LogP contribution < -0.4 is 5.32 Å². The van der Waals surface area contributed by atoms with E-state index < -0.39 is 10.7 Å². The number of rotatable bonds is 3. The molecule has 1 atom stereocenters. The van der Waals surface area contributed by atoms with Gasteiger partial charge in [0.25, 0.3) is 0 Å². The zero-order valence-electron chi connectivity index (χ0n) is 6.62. The lowest BCUT2D eigenvalue weighted by atomic mass is 10.3. The van der Waals surface area contributed by atoms with Gasteiger partial charge in [-0.15, -0.1) is 0 Å². The summed E-state index contributed by atoms with van der Waals surface area (Å²) in [6, 6.07) is 0.477. The van der Waals surface area contributed by atoms with Crippen LogP contribution in [-0.4, -0.2) is 45.4 Å². The highest BCUT2D eigenvalue weighted by Crippen LogP contribution is 2.07. The molecule has 0 radical (unpaired) electrons. The Labute approximate surface area is 68.5 Å². The van der Waals surface area contributed by atoms with Crippen molar-refractivity contribution in [2.75, 3.05) is 26.0 Å². The molecule has 11 heavy (non-hydrogen) atoms. The van der Waals surface area contributed by atoms with Gasteiger partial charge in [0.2, 0.25) is 0 Å². The molecule has 5 heteroatoms. The molecule has 1 rings (SSSR count). The van der Waals surface area contributed by atoms with E-state index >= 15 is 0 Å². The number of hydrogen-bond donors (Lipinski definition) is 2. The van der Waals surface area contributed by atoms with Crippen LogP contribution in [0.5, 0.6) is 0 Å². The highest BCUT2D eigenvalue weighted by atomic mass is 32.2. The van der Waals surface area contributed by atoms with E-state index in [1.54, 1.807) is 0 Å². The molecule has 0 aromatic heterocycles. The molecular formula is C6H14N2O2S. The average Bonchev–Trinajstić information content (AvgIpc) is 2.34. The number of likely N-dealkylation sites (tertiary alicyclic amines) is 1. The molecule has 66 valence electrons. The molecule has 1 saturated heterocycles. The predicted molar refractivity (Wildman–Crippen MR) is 44.2 cm³/mol. The SMILES string of the molecule is CNC1CCN(C[SH](=O)=O)C1. The van der Waals surface area contributed by atoms with Crippen molar-refractivity contribution in [3.63, 3.8) is 0 Å². The molecule has 0 aliphatic carbocycles. The molecule has 0 bridgehead atoms. The molecule has 0 amide bonds. The highest BCUT2D eigenvalue weighted by Gasteiger charge is 2.20. The van der Waals surface area contributed by atoms with Crippen molar-refractivity contribution in [3.8, 4) is 0 Å². The number of likely N-dealkylation sites (N-methyl/N-ethyl adjacent to an activating group) is 1. The van der Waals surface area contributed by atoms with Crippen LogP contribution >= 0.6 is 0 Å². The molecule has 0 aromatic rings. The van der Waals surface area contributed by atoms with Crippen LogP contribution in [-0.2, 0) is 10.7 Å². The molecule has 1 unspecified atom stereocenters. The van der Waals surface area contributed by atoms with Crippen molar-refractivity contribution in [1.82, 2.24) is 10.2 Å². The van der Waals surface area contributed by atoms with Crippen LogP contribution in [0.4, 0.5) is 0 Å². The van der Waals surface area contributed by atoms with Crippen molar-refractivity contribution in [3.05, 3.63) is 0 Å². The Balaban J connectivity index is 2.30. The zero-order chi connectivity index (χ0) is 8.27. The van der Waals surface area contributed by atoms with Crippen molar-refractivity contribution >= 4 is 10.7 Å². The molecule has 1 aliphatic rings. The molecule has 1 aliphatic heterocycles. The third-order valence-electron chi connectivity index (χ3n) is 2.00. The van der Waals surface area contributed by atoms with Gasteiger partial charge >= 0.3 is 0 Å².